The summed E-state index contributed by atoms with van der Waals surface area (Å²) >= 11 is 0. The lowest BCUT2D eigenvalue weighted by Crippen LogP contribution is -3.19. The third kappa shape index (κ3) is 2.46. The van der Waals surface area contributed by atoms with E-state index in [2.05, 4.69) is 0 Å². The van der Waals surface area contributed by atoms with Gasteiger partial charge >= 0.3 is 5.97 Å². The van der Waals surface area contributed by atoms with E-state index in [0.717, 1.165) is 30.9 Å². The van der Waals surface area contributed by atoms with Crippen molar-refractivity contribution in [1.29, 1.82) is 0 Å². The first-order valence-corrected chi connectivity index (χ1v) is 4.50. The third-order valence-corrected chi connectivity index (χ3v) is 2.18. The lowest BCUT2D eigenvalue weighted by molar-refractivity contribution is -0.919. The van der Waals surface area contributed by atoms with Crippen LogP contribution in [0.25, 0.3) is 0 Å². The number of quaternary nitrogens is 1. The molecule has 1 aliphatic heterocycles. The van der Waals surface area contributed by atoms with E-state index in [9.17, 15) is 4.79 Å². The molecule has 12 heavy (non-hydrogen) atoms. The predicted octanol–water partition coefficient (Wildman–Crippen LogP) is -1.28. The average molecular weight is 173 g/mol. The summed E-state index contributed by atoms with van der Waals surface area (Å²) in [6, 6.07) is 0. The van der Waals surface area contributed by atoms with E-state index in [4.69, 9.17) is 10.6 Å². The maximum atomic E-state index is 11.3. The van der Waals surface area contributed by atoms with Crippen LogP contribution in [-0.2, 0) is 9.53 Å². The lowest BCUT2D eigenvalue weighted by atomic mass is 10.00. The molecule has 1 heterocycles. The van der Waals surface area contributed by atoms with Crippen molar-refractivity contribution < 1.29 is 14.5 Å². The summed E-state index contributed by atoms with van der Waals surface area (Å²) in [4.78, 5) is 11.3. The number of ether oxygens (including phenoxy) is 1. The van der Waals surface area contributed by atoms with Gasteiger partial charge < -0.3 is 4.74 Å². The summed E-state index contributed by atoms with van der Waals surface area (Å²) in [6.45, 7) is 3.98. The first-order chi connectivity index (χ1) is 5.74. The van der Waals surface area contributed by atoms with Crippen LogP contribution in [0.2, 0.25) is 0 Å². The molecule has 1 rings (SSSR count). The molecule has 0 aliphatic carbocycles. The maximum Gasteiger partial charge on any atom is 0.314 e. The molecule has 1 fully saturated rings. The van der Waals surface area contributed by atoms with Crippen LogP contribution in [0.3, 0.4) is 0 Å². The summed E-state index contributed by atoms with van der Waals surface area (Å²) in [6.07, 6.45) is 1.95. The van der Waals surface area contributed by atoms with Crippen molar-refractivity contribution in [3.8, 4) is 0 Å². The van der Waals surface area contributed by atoms with Crippen molar-refractivity contribution in [2.75, 3.05) is 19.7 Å². The number of rotatable bonds is 2. The fourth-order valence-corrected chi connectivity index (χ4v) is 1.56. The zero-order valence-corrected chi connectivity index (χ0v) is 7.51. The van der Waals surface area contributed by atoms with Gasteiger partial charge in [-0.1, -0.05) is 0 Å². The van der Waals surface area contributed by atoms with Gasteiger partial charge in [0, 0.05) is 0 Å². The summed E-state index contributed by atoms with van der Waals surface area (Å²) in [5, 5.41) is 0.944. The van der Waals surface area contributed by atoms with Gasteiger partial charge in [0.1, 0.15) is 12.5 Å². The van der Waals surface area contributed by atoms with Crippen molar-refractivity contribution in [1.82, 2.24) is 0 Å². The van der Waals surface area contributed by atoms with Gasteiger partial charge in [-0.2, -0.15) is 5.84 Å². The number of hydrogen-bond donors (Lipinski definition) is 2. The van der Waals surface area contributed by atoms with Crippen LogP contribution >= 0.6 is 0 Å². The fourth-order valence-electron chi connectivity index (χ4n) is 1.56. The largest absolute Gasteiger partial charge is 0.466 e. The summed E-state index contributed by atoms with van der Waals surface area (Å²) in [7, 11) is 0. The van der Waals surface area contributed by atoms with E-state index >= 15 is 0 Å². The van der Waals surface area contributed by atoms with E-state index in [-0.39, 0.29) is 11.9 Å². The molecule has 4 heteroatoms. The minimum Gasteiger partial charge on any atom is -0.466 e. The topological polar surface area (TPSA) is 56.8 Å². The molecule has 0 spiro atoms. The number of esters is 1. The Hall–Kier alpha value is -0.610. The van der Waals surface area contributed by atoms with Crippen molar-refractivity contribution in [2.45, 2.75) is 19.8 Å². The minimum atomic E-state index is -0.0832. The van der Waals surface area contributed by atoms with Gasteiger partial charge in [0.25, 0.3) is 0 Å². The fraction of sp³-hybridized carbons (Fsp3) is 0.875. The molecule has 2 atom stereocenters. The van der Waals surface area contributed by atoms with Gasteiger partial charge in [-0.25, -0.2) is 0 Å². The van der Waals surface area contributed by atoms with Crippen molar-refractivity contribution in [3.05, 3.63) is 0 Å². The molecule has 0 bridgehead atoms. The quantitative estimate of drug-likeness (QED) is 0.404. The molecular weight excluding hydrogens is 156 g/mol. The Kier molecular flexibility index (Phi) is 3.49. The summed E-state index contributed by atoms with van der Waals surface area (Å²) < 4.78 is 4.92. The van der Waals surface area contributed by atoms with E-state index in [1.165, 1.54) is 0 Å². The lowest BCUT2D eigenvalue weighted by Gasteiger charge is -2.24. The highest BCUT2D eigenvalue weighted by Gasteiger charge is 2.28. The Bertz CT molecular complexity index is 161. The number of carbonyl (C=O) groups excluding carboxylic acids is 1. The molecule has 2 unspecified atom stereocenters. The number of nitrogens with one attached hydrogen (secondary N) is 1. The molecule has 0 aromatic heterocycles. The molecule has 3 N–H and O–H groups in total. The molecule has 4 nitrogen and oxygen atoms in total. The molecule has 0 saturated carbocycles. The summed E-state index contributed by atoms with van der Waals surface area (Å²) in [5.74, 6) is 5.61. The van der Waals surface area contributed by atoms with Gasteiger partial charge in [-0.3, -0.25) is 9.80 Å². The van der Waals surface area contributed by atoms with Crippen LogP contribution in [0, 0.1) is 5.92 Å². The zero-order valence-electron chi connectivity index (χ0n) is 7.51. The van der Waals surface area contributed by atoms with Gasteiger partial charge in [-0.05, 0) is 19.8 Å². The molecule has 1 aliphatic rings. The Morgan fingerprint density at radius 2 is 2.50 bits per heavy atom. The normalized spacial score (nSPS) is 29.8. The van der Waals surface area contributed by atoms with Crippen LogP contribution in [0.15, 0.2) is 0 Å². The Labute approximate surface area is 72.6 Å². The maximum absolute atomic E-state index is 11.3. The smallest absolute Gasteiger partial charge is 0.314 e. The second-order valence-electron chi connectivity index (χ2n) is 3.20. The van der Waals surface area contributed by atoms with Crippen LogP contribution in [0.4, 0.5) is 0 Å². The van der Waals surface area contributed by atoms with Gasteiger partial charge in [0.05, 0.1) is 13.2 Å². The second-order valence-corrected chi connectivity index (χ2v) is 3.20. The number of carbonyl (C=O) groups is 1. The molecule has 1 saturated heterocycles. The molecule has 0 radical (unpaired) electrons. The minimum absolute atomic E-state index is 0.0266. The highest BCUT2D eigenvalue weighted by Crippen LogP contribution is 2.08. The molecule has 0 aromatic rings. The van der Waals surface area contributed by atoms with E-state index < -0.39 is 0 Å². The SMILES string of the molecule is CCOC(=O)C1CCC[NH+](N)C1. The Morgan fingerprint density at radius 3 is 3.08 bits per heavy atom. The van der Waals surface area contributed by atoms with Crippen LogP contribution < -0.4 is 10.9 Å². The average Bonchev–Trinajstić information content (AvgIpc) is 2.05. The zero-order chi connectivity index (χ0) is 8.97. The highest BCUT2D eigenvalue weighted by atomic mass is 16.5. The van der Waals surface area contributed by atoms with Crippen molar-refractivity contribution >= 4 is 5.97 Å². The monoisotopic (exact) mass is 173 g/mol. The van der Waals surface area contributed by atoms with Gasteiger partial charge in [-0.15, -0.1) is 0 Å². The molecule has 70 valence electrons. The highest BCUT2D eigenvalue weighted by molar-refractivity contribution is 5.72. The van der Waals surface area contributed by atoms with Crippen LogP contribution in [0.5, 0.6) is 0 Å². The predicted molar refractivity (Wildman–Crippen MR) is 44.2 cm³/mol. The molecule has 0 aromatic carbocycles. The second kappa shape index (κ2) is 4.42. The third-order valence-electron chi connectivity index (χ3n) is 2.18. The summed E-state index contributed by atoms with van der Waals surface area (Å²) in [5.41, 5.74) is 0. The first kappa shape index (κ1) is 9.48. The number of hydrogen-bond acceptors (Lipinski definition) is 3. The standard InChI is InChI=1S/C8H16N2O2/c1-2-12-8(11)7-4-3-5-10(9)6-7/h7H,2-6,9H2,1H3/p+1. The van der Waals surface area contributed by atoms with Crippen molar-refractivity contribution in [3.63, 3.8) is 0 Å². The van der Waals surface area contributed by atoms with E-state index in [1.54, 1.807) is 0 Å². The Balaban J connectivity index is 2.35. The molecule has 0 amide bonds. The van der Waals surface area contributed by atoms with Crippen molar-refractivity contribution in [2.24, 2.45) is 11.8 Å². The van der Waals surface area contributed by atoms with E-state index in [1.807, 2.05) is 6.92 Å². The van der Waals surface area contributed by atoms with Gasteiger partial charge in [0.15, 0.2) is 0 Å². The molecular formula is C8H17N2O2+. The number of piperidine rings is 1. The van der Waals surface area contributed by atoms with E-state index in [0.29, 0.717) is 6.61 Å². The van der Waals surface area contributed by atoms with Gasteiger partial charge in [0.2, 0.25) is 0 Å². The Morgan fingerprint density at radius 1 is 1.75 bits per heavy atom. The van der Waals surface area contributed by atoms with Crippen LogP contribution in [0.1, 0.15) is 19.8 Å². The van der Waals surface area contributed by atoms with Crippen LogP contribution in [-0.4, -0.2) is 25.7 Å². The first-order valence-electron chi connectivity index (χ1n) is 4.50. The number of nitrogens with two attached hydrogens (primary N) is 1.